The Kier molecular flexibility index (Phi) is 3.08. The van der Waals surface area contributed by atoms with Crippen LogP contribution in [0.2, 0.25) is 0 Å². The molecular weight excluding hydrogens is 228 g/mol. The third-order valence-corrected chi connectivity index (χ3v) is 3.88. The van der Waals surface area contributed by atoms with Crippen molar-refractivity contribution in [3.05, 3.63) is 71.8 Å². The fourth-order valence-electron chi connectivity index (χ4n) is 2.90. The summed E-state index contributed by atoms with van der Waals surface area (Å²) in [5.74, 6) is 0. The first kappa shape index (κ1) is 12.0. The van der Waals surface area contributed by atoms with Gasteiger partial charge in [-0.05, 0) is 52.4 Å². The van der Waals surface area contributed by atoms with Crippen molar-refractivity contribution in [3.63, 3.8) is 0 Å². The number of aryl methyl sites for hydroxylation is 1. The Bertz CT molecular complexity index is 709. The van der Waals surface area contributed by atoms with Crippen molar-refractivity contribution in [2.24, 2.45) is 0 Å². The summed E-state index contributed by atoms with van der Waals surface area (Å²) in [7, 11) is 0. The van der Waals surface area contributed by atoms with Crippen molar-refractivity contribution in [1.29, 1.82) is 0 Å². The van der Waals surface area contributed by atoms with Crippen LogP contribution < -0.4 is 0 Å². The second-order valence-electron chi connectivity index (χ2n) is 4.97. The average molecular weight is 246 g/mol. The van der Waals surface area contributed by atoms with E-state index >= 15 is 0 Å². The number of hydrogen-bond donors (Lipinski definition) is 0. The molecule has 0 aliphatic carbocycles. The van der Waals surface area contributed by atoms with Crippen LogP contribution in [0.5, 0.6) is 0 Å². The van der Waals surface area contributed by atoms with Crippen LogP contribution in [-0.2, 0) is 6.42 Å². The summed E-state index contributed by atoms with van der Waals surface area (Å²) in [4.78, 5) is 0. The van der Waals surface area contributed by atoms with Gasteiger partial charge in [0.1, 0.15) is 0 Å². The average Bonchev–Trinajstić information content (AvgIpc) is 2.48. The lowest BCUT2D eigenvalue weighted by Gasteiger charge is -2.14. The molecule has 3 aromatic rings. The Morgan fingerprint density at radius 1 is 0.842 bits per heavy atom. The normalized spacial score (nSPS) is 10.8. The monoisotopic (exact) mass is 246 g/mol. The minimum absolute atomic E-state index is 1.07. The number of hydrogen-bond acceptors (Lipinski definition) is 0. The van der Waals surface area contributed by atoms with Crippen molar-refractivity contribution in [1.82, 2.24) is 0 Å². The third kappa shape index (κ3) is 2.04. The summed E-state index contributed by atoms with van der Waals surface area (Å²) >= 11 is 0. The lowest BCUT2D eigenvalue weighted by molar-refractivity contribution is 1.12. The van der Waals surface area contributed by atoms with Crippen LogP contribution in [-0.4, -0.2) is 0 Å². The zero-order valence-corrected chi connectivity index (χ0v) is 11.5. The smallest absolute Gasteiger partial charge is 0.0143 e. The van der Waals surface area contributed by atoms with Crippen LogP contribution in [0.3, 0.4) is 0 Å². The molecule has 0 N–H and O–H groups in total. The predicted octanol–water partition coefficient (Wildman–Crippen LogP) is 5.38. The van der Waals surface area contributed by atoms with Crippen molar-refractivity contribution in [2.45, 2.75) is 20.3 Å². The first-order valence-corrected chi connectivity index (χ1v) is 6.88. The van der Waals surface area contributed by atoms with Crippen LogP contribution in [0.1, 0.15) is 18.1 Å². The minimum Gasteiger partial charge on any atom is -0.0622 e. The van der Waals surface area contributed by atoms with Gasteiger partial charge in [-0.3, -0.25) is 0 Å². The van der Waals surface area contributed by atoms with Crippen molar-refractivity contribution < 1.29 is 0 Å². The van der Waals surface area contributed by atoms with Gasteiger partial charge in [-0.15, -0.1) is 0 Å². The van der Waals surface area contributed by atoms with E-state index in [1.54, 1.807) is 0 Å². The summed E-state index contributed by atoms with van der Waals surface area (Å²) in [5.41, 5.74) is 5.57. The van der Waals surface area contributed by atoms with E-state index in [4.69, 9.17) is 0 Å². The molecule has 94 valence electrons. The molecule has 0 amide bonds. The Morgan fingerprint density at radius 2 is 1.53 bits per heavy atom. The fraction of sp³-hybridized carbons (Fsp3) is 0.158. The van der Waals surface area contributed by atoms with Gasteiger partial charge in [0.05, 0.1) is 0 Å². The van der Waals surface area contributed by atoms with E-state index in [0.29, 0.717) is 0 Å². The van der Waals surface area contributed by atoms with Gasteiger partial charge >= 0.3 is 0 Å². The summed E-state index contributed by atoms with van der Waals surface area (Å²) in [5, 5.41) is 2.70. The maximum atomic E-state index is 2.33. The molecule has 0 nitrogen and oxygen atoms in total. The van der Waals surface area contributed by atoms with Crippen LogP contribution in [0.15, 0.2) is 60.7 Å². The lowest BCUT2D eigenvalue weighted by Crippen LogP contribution is -1.94. The van der Waals surface area contributed by atoms with Gasteiger partial charge in [0, 0.05) is 0 Å². The Morgan fingerprint density at radius 3 is 2.26 bits per heavy atom. The fourth-order valence-corrected chi connectivity index (χ4v) is 2.90. The molecule has 19 heavy (non-hydrogen) atoms. The predicted molar refractivity (Wildman–Crippen MR) is 83.5 cm³/mol. The third-order valence-electron chi connectivity index (χ3n) is 3.88. The molecule has 0 heteroatoms. The van der Waals surface area contributed by atoms with Crippen molar-refractivity contribution in [2.75, 3.05) is 0 Å². The molecule has 0 atom stereocenters. The zero-order chi connectivity index (χ0) is 13.2. The maximum absolute atomic E-state index is 2.33. The maximum Gasteiger partial charge on any atom is -0.0143 e. The molecule has 0 fully saturated rings. The molecule has 3 aromatic carbocycles. The van der Waals surface area contributed by atoms with E-state index in [9.17, 15) is 0 Å². The summed E-state index contributed by atoms with van der Waals surface area (Å²) in [6, 6.07) is 21.7. The van der Waals surface area contributed by atoms with E-state index in [2.05, 4.69) is 74.5 Å². The van der Waals surface area contributed by atoms with E-state index in [-0.39, 0.29) is 0 Å². The van der Waals surface area contributed by atoms with Gasteiger partial charge in [0.25, 0.3) is 0 Å². The second-order valence-corrected chi connectivity index (χ2v) is 4.97. The van der Waals surface area contributed by atoms with Gasteiger partial charge in [-0.2, -0.15) is 0 Å². The summed E-state index contributed by atoms with van der Waals surface area (Å²) in [6.07, 6.45) is 1.07. The first-order chi connectivity index (χ1) is 9.31. The van der Waals surface area contributed by atoms with Crippen LogP contribution >= 0.6 is 0 Å². The molecule has 0 saturated heterocycles. The molecule has 0 heterocycles. The highest BCUT2D eigenvalue weighted by molar-refractivity contribution is 5.92. The van der Waals surface area contributed by atoms with E-state index < -0.39 is 0 Å². The molecule has 0 aliphatic heterocycles. The SMILES string of the molecule is CCc1c(-c2ccccc2)cc2ccccc2c1C. The Hall–Kier alpha value is -2.08. The Balaban J connectivity index is 2.36. The topological polar surface area (TPSA) is 0 Å². The van der Waals surface area contributed by atoms with Gasteiger partial charge < -0.3 is 0 Å². The molecular formula is C19H18. The van der Waals surface area contributed by atoms with Crippen LogP contribution in [0.4, 0.5) is 0 Å². The number of rotatable bonds is 2. The van der Waals surface area contributed by atoms with E-state index in [0.717, 1.165) is 6.42 Å². The number of benzene rings is 3. The van der Waals surface area contributed by atoms with Crippen LogP contribution in [0, 0.1) is 6.92 Å². The molecule has 0 unspecified atom stereocenters. The lowest BCUT2D eigenvalue weighted by atomic mass is 9.90. The van der Waals surface area contributed by atoms with E-state index in [1.165, 1.54) is 33.0 Å². The molecule has 0 radical (unpaired) electrons. The zero-order valence-electron chi connectivity index (χ0n) is 11.5. The molecule has 0 spiro atoms. The minimum atomic E-state index is 1.07. The molecule has 0 aliphatic rings. The quantitative estimate of drug-likeness (QED) is 0.569. The first-order valence-electron chi connectivity index (χ1n) is 6.88. The molecule has 0 bridgehead atoms. The highest BCUT2D eigenvalue weighted by Gasteiger charge is 2.09. The molecule has 0 aromatic heterocycles. The standard InChI is InChI=1S/C19H18/c1-3-17-14(2)18-12-8-7-11-16(18)13-19(17)15-9-5-4-6-10-15/h4-13H,3H2,1-2H3. The highest BCUT2D eigenvalue weighted by Crippen LogP contribution is 2.32. The summed E-state index contributed by atoms with van der Waals surface area (Å²) < 4.78 is 0. The molecule has 0 saturated carbocycles. The van der Waals surface area contributed by atoms with Crippen LogP contribution in [0.25, 0.3) is 21.9 Å². The van der Waals surface area contributed by atoms with E-state index in [1.807, 2.05) is 0 Å². The van der Waals surface area contributed by atoms with Gasteiger partial charge in [0.15, 0.2) is 0 Å². The van der Waals surface area contributed by atoms with Gasteiger partial charge in [0.2, 0.25) is 0 Å². The summed E-state index contributed by atoms with van der Waals surface area (Å²) in [6.45, 7) is 4.48. The van der Waals surface area contributed by atoms with Crippen molar-refractivity contribution >= 4 is 10.8 Å². The van der Waals surface area contributed by atoms with Crippen molar-refractivity contribution in [3.8, 4) is 11.1 Å². The highest BCUT2D eigenvalue weighted by atomic mass is 14.1. The Labute approximate surface area is 114 Å². The largest absolute Gasteiger partial charge is 0.0622 e. The second kappa shape index (κ2) is 4.89. The van der Waals surface area contributed by atoms with Gasteiger partial charge in [-0.1, -0.05) is 61.5 Å². The number of fused-ring (bicyclic) bond motifs is 1. The van der Waals surface area contributed by atoms with Gasteiger partial charge in [-0.25, -0.2) is 0 Å². The molecule has 3 rings (SSSR count).